The van der Waals surface area contributed by atoms with E-state index in [-0.39, 0.29) is 0 Å². The maximum Gasteiger partial charge on any atom is 0.110 e. The van der Waals surface area contributed by atoms with E-state index in [1.54, 1.807) is 18.5 Å². The van der Waals surface area contributed by atoms with Crippen molar-refractivity contribution in [2.75, 3.05) is 0 Å². The van der Waals surface area contributed by atoms with Gasteiger partial charge in [0, 0.05) is 10.6 Å². The molecule has 0 radical (unpaired) electrons. The summed E-state index contributed by atoms with van der Waals surface area (Å²) in [6.45, 7) is 0. The highest BCUT2D eigenvalue weighted by Crippen LogP contribution is 2.32. The molecule has 0 unspecified atom stereocenters. The first-order valence-electron chi connectivity index (χ1n) is 3.83. The number of hydrogen-bond acceptors (Lipinski definition) is 1. The number of hydrogen-bond donors (Lipinski definition) is 1. The Morgan fingerprint density at radius 2 is 2.07 bits per heavy atom. The van der Waals surface area contributed by atoms with Crippen molar-refractivity contribution in [1.29, 1.82) is 0 Å². The second-order valence-corrected chi connectivity index (χ2v) is 4.33. The molecule has 2 rings (SSSR count). The highest BCUT2D eigenvalue weighted by molar-refractivity contribution is 9.10. The molecule has 0 fully saturated rings. The molecule has 0 spiro atoms. The molecule has 0 saturated heterocycles. The third-order valence-corrected chi connectivity index (χ3v) is 2.93. The van der Waals surface area contributed by atoms with Crippen LogP contribution in [0.5, 0.6) is 0 Å². The Hall–Kier alpha value is -0.510. The summed E-state index contributed by atoms with van der Waals surface area (Å²) in [5, 5.41) is 1.20. The first-order chi connectivity index (χ1) is 6.68. The lowest BCUT2D eigenvalue weighted by Gasteiger charge is -2.01. The summed E-state index contributed by atoms with van der Waals surface area (Å²) in [5.74, 6) is 0. The van der Waals surface area contributed by atoms with Gasteiger partial charge in [0.25, 0.3) is 0 Å². The molecule has 1 heterocycles. The number of aromatic amines is 1. The summed E-state index contributed by atoms with van der Waals surface area (Å²) < 4.78 is 0.807. The molecule has 72 valence electrons. The maximum absolute atomic E-state index is 6.03. The van der Waals surface area contributed by atoms with Crippen molar-refractivity contribution in [3.05, 3.63) is 39.2 Å². The topological polar surface area (TPSA) is 28.7 Å². The molecular formula is C9H5BrCl2N2. The van der Waals surface area contributed by atoms with Gasteiger partial charge in [-0.05, 0) is 34.1 Å². The van der Waals surface area contributed by atoms with Crippen LogP contribution < -0.4 is 0 Å². The van der Waals surface area contributed by atoms with Crippen LogP contribution in [0, 0.1) is 0 Å². The molecule has 0 amide bonds. The van der Waals surface area contributed by atoms with Gasteiger partial charge in [-0.2, -0.15) is 0 Å². The van der Waals surface area contributed by atoms with Crippen molar-refractivity contribution < 1.29 is 0 Å². The number of aromatic nitrogens is 2. The molecule has 14 heavy (non-hydrogen) atoms. The van der Waals surface area contributed by atoms with Crippen LogP contribution in [0.1, 0.15) is 0 Å². The minimum atomic E-state index is 0.588. The summed E-state index contributed by atoms with van der Waals surface area (Å²) in [6, 6.07) is 5.31. The zero-order valence-electron chi connectivity index (χ0n) is 6.89. The number of nitrogens with one attached hydrogen (secondary N) is 1. The van der Waals surface area contributed by atoms with Gasteiger partial charge in [-0.1, -0.05) is 23.2 Å². The molecule has 0 atom stereocenters. The molecule has 0 aliphatic carbocycles. The van der Waals surface area contributed by atoms with Gasteiger partial charge in [-0.15, -0.1) is 0 Å². The second kappa shape index (κ2) is 3.93. The highest BCUT2D eigenvalue weighted by Gasteiger charge is 2.09. The van der Waals surface area contributed by atoms with Gasteiger partial charge in [0.15, 0.2) is 0 Å². The number of rotatable bonds is 1. The Labute approximate surface area is 99.4 Å². The van der Waals surface area contributed by atoms with Gasteiger partial charge in [0.2, 0.25) is 0 Å². The van der Waals surface area contributed by atoms with Gasteiger partial charge < -0.3 is 4.98 Å². The van der Waals surface area contributed by atoms with Crippen LogP contribution in [-0.4, -0.2) is 9.97 Å². The van der Waals surface area contributed by atoms with Gasteiger partial charge in [0.1, 0.15) is 10.3 Å². The van der Waals surface area contributed by atoms with E-state index in [1.165, 1.54) is 0 Å². The number of halogens is 3. The van der Waals surface area contributed by atoms with E-state index in [4.69, 9.17) is 23.2 Å². The van der Waals surface area contributed by atoms with E-state index >= 15 is 0 Å². The van der Waals surface area contributed by atoms with Crippen molar-refractivity contribution in [3.8, 4) is 11.3 Å². The Balaban J connectivity index is 2.58. The fourth-order valence-corrected chi connectivity index (χ4v) is 2.06. The quantitative estimate of drug-likeness (QED) is 0.840. The van der Waals surface area contributed by atoms with Crippen LogP contribution in [-0.2, 0) is 0 Å². The minimum Gasteiger partial charge on any atom is -0.339 e. The van der Waals surface area contributed by atoms with Crippen molar-refractivity contribution in [2.45, 2.75) is 0 Å². The zero-order chi connectivity index (χ0) is 10.1. The molecule has 1 N–H and O–H groups in total. The van der Waals surface area contributed by atoms with E-state index < -0.39 is 0 Å². The molecule has 0 bridgehead atoms. The highest BCUT2D eigenvalue weighted by atomic mass is 79.9. The Morgan fingerprint density at radius 3 is 2.64 bits per heavy atom. The zero-order valence-corrected chi connectivity index (χ0v) is 9.99. The summed E-state index contributed by atoms with van der Waals surface area (Å²) in [4.78, 5) is 7.07. The van der Waals surface area contributed by atoms with Crippen LogP contribution in [0.3, 0.4) is 0 Å². The van der Waals surface area contributed by atoms with Crippen LogP contribution in [0.25, 0.3) is 11.3 Å². The number of imidazole rings is 1. The third kappa shape index (κ3) is 1.80. The average Bonchev–Trinajstić information content (AvgIpc) is 2.52. The van der Waals surface area contributed by atoms with E-state index in [0.29, 0.717) is 10.0 Å². The maximum atomic E-state index is 6.03. The average molecular weight is 292 g/mol. The lowest BCUT2D eigenvalue weighted by Crippen LogP contribution is -1.80. The minimum absolute atomic E-state index is 0.588. The number of benzene rings is 1. The van der Waals surface area contributed by atoms with Crippen LogP contribution in [0.15, 0.2) is 29.1 Å². The van der Waals surface area contributed by atoms with Gasteiger partial charge >= 0.3 is 0 Å². The fourth-order valence-electron chi connectivity index (χ4n) is 1.15. The fraction of sp³-hybridized carbons (Fsp3) is 0. The molecular weight excluding hydrogens is 287 g/mol. The first kappa shape index (κ1) is 10.0. The Bertz CT molecular complexity index is 468. The van der Waals surface area contributed by atoms with E-state index in [0.717, 1.165) is 15.9 Å². The van der Waals surface area contributed by atoms with E-state index in [9.17, 15) is 0 Å². The summed E-state index contributed by atoms with van der Waals surface area (Å²) in [5.41, 5.74) is 1.64. The summed E-state index contributed by atoms with van der Waals surface area (Å²) in [7, 11) is 0. The van der Waals surface area contributed by atoms with Gasteiger partial charge in [-0.3, -0.25) is 0 Å². The van der Waals surface area contributed by atoms with Gasteiger partial charge in [-0.25, -0.2) is 4.98 Å². The summed E-state index contributed by atoms with van der Waals surface area (Å²) in [6.07, 6.45) is 1.60. The molecule has 1 aromatic heterocycles. The number of H-pyrrole nitrogens is 1. The van der Waals surface area contributed by atoms with E-state index in [2.05, 4.69) is 25.9 Å². The van der Waals surface area contributed by atoms with Crippen LogP contribution >= 0.6 is 39.1 Å². The second-order valence-electron chi connectivity index (χ2n) is 2.69. The molecule has 2 aromatic rings. The predicted octanol–water partition coefficient (Wildman–Crippen LogP) is 4.15. The van der Waals surface area contributed by atoms with Crippen molar-refractivity contribution in [1.82, 2.24) is 9.97 Å². The first-order valence-corrected chi connectivity index (χ1v) is 5.37. The monoisotopic (exact) mass is 290 g/mol. The standard InChI is InChI=1S/C9H5BrCl2N2/c10-9-8(13-4-14-9)6-2-1-5(11)3-7(6)12/h1-4H,(H,13,14). The van der Waals surface area contributed by atoms with Crippen molar-refractivity contribution in [3.63, 3.8) is 0 Å². The molecule has 0 saturated carbocycles. The van der Waals surface area contributed by atoms with Gasteiger partial charge in [0.05, 0.1) is 11.3 Å². The molecule has 5 heteroatoms. The summed E-state index contributed by atoms with van der Waals surface area (Å²) >= 11 is 15.2. The number of nitrogens with zero attached hydrogens (tertiary/aromatic N) is 1. The van der Waals surface area contributed by atoms with Crippen molar-refractivity contribution in [2.24, 2.45) is 0 Å². The Kier molecular flexibility index (Phi) is 2.81. The SMILES string of the molecule is Clc1ccc(-c2nc[nH]c2Br)c(Cl)c1. The Morgan fingerprint density at radius 1 is 1.29 bits per heavy atom. The predicted molar refractivity (Wildman–Crippen MR) is 61.7 cm³/mol. The largest absolute Gasteiger partial charge is 0.339 e. The lowest BCUT2D eigenvalue weighted by atomic mass is 10.2. The third-order valence-electron chi connectivity index (χ3n) is 1.78. The molecule has 2 nitrogen and oxygen atoms in total. The van der Waals surface area contributed by atoms with Crippen molar-refractivity contribution >= 4 is 39.1 Å². The molecule has 0 aliphatic heterocycles. The van der Waals surface area contributed by atoms with Crippen LogP contribution in [0.4, 0.5) is 0 Å². The smallest absolute Gasteiger partial charge is 0.110 e. The van der Waals surface area contributed by atoms with E-state index in [1.807, 2.05) is 6.07 Å². The lowest BCUT2D eigenvalue weighted by molar-refractivity contribution is 1.30. The molecule has 1 aromatic carbocycles. The van der Waals surface area contributed by atoms with Crippen LogP contribution in [0.2, 0.25) is 10.0 Å². The normalized spacial score (nSPS) is 10.5. The molecule has 0 aliphatic rings.